The Kier molecular flexibility index (Phi) is 8.23. The molecule has 2 aliphatic heterocycles. The van der Waals surface area contributed by atoms with Gasteiger partial charge in [-0.05, 0) is 32.8 Å². The van der Waals surface area contributed by atoms with Crippen LogP contribution >= 0.6 is 23.1 Å². The third kappa shape index (κ3) is 5.68. The topological polar surface area (TPSA) is 161 Å². The lowest BCUT2D eigenvalue weighted by molar-refractivity contribution is -0.173. The molecule has 190 valence electrons. The lowest BCUT2D eigenvalue weighted by Crippen LogP contribution is -2.70. The van der Waals surface area contributed by atoms with Crippen LogP contribution in [0.3, 0.4) is 0 Å². The van der Waals surface area contributed by atoms with E-state index in [9.17, 15) is 24.3 Å². The molecule has 35 heavy (non-hydrogen) atoms. The molecule has 0 aromatic carbocycles. The van der Waals surface area contributed by atoms with Crippen molar-refractivity contribution in [2.45, 2.75) is 45.5 Å². The van der Waals surface area contributed by atoms with Crippen molar-refractivity contribution >= 4 is 57.6 Å². The van der Waals surface area contributed by atoms with Gasteiger partial charge in [0.2, 0.25) is 6.79 Å². The molecule has 0 unspecified atom stereocenters. The number of carbonyl (C=O) groups excluding carboxylic acids is 4. The number of rotatable bonds is 8. The van der Waals surface area contributed by atoms with E-state index in [1.165, 1.54) is 28.0 Å². The second kappa shape index (κ2) is 10.8. The number of carbonyl (C=O) groups is 4. The number of ether oxygens (including phenoxy) is 2. The molecule has 1 aromatic heterocycles. The van der Waals surface area contributed by atoms with Gasteiger partial charge in [0.05, 0.1) is 23.3 Å². The number of esters is 2. The quantitative estimate of drug-likeness (QED) is 0.195. The van der Waals surface area contributed by atoms with Gasteiger partial charge in [0.1, 0.15) is 17.1 Å². The molecule has 0 spiro atoms. The summed E-state index contributed by atoms with van der Waals surface area (Å²) in [6.45, 7) is 5.76. The fourth-order valence-corrected chi connectivity index (χ4v) is 5.26. The Balaban J connectivity index is 1.70. The maximum atomic E-state index is 13.0. The maximum Gasteiger partial charge on any atom is 0.358 e. The summed E-state index contributed by atoms with van der Waals surface area (Å²) in [6.07, 6.45) is 2.27. The monoisotopic (exact) mass is 524 g/mol. The van der Waals surface area contributed by atoms with Crippen molar-refractivity contribution in [2.24, 2.45) is 5.41 Å². The van der Waals surface area contributed by atoms with E-state index in [-0.39, 0.29) is 11.4 Å². The van der Waals surface area contributed by atoms with Crippen molar-refractivity contribution in [1.82, 2.24) is 15.2 Å². The molecular weight excluding hydrogens is 496 g/mol. The standard InChI is InChI=1S/C22H28N4O7S2/c1-5-6-12(13-9-35-21(23)24-13)16(28)25-14-17(29)26-15(11(7-27)8-34-18(14)26)19(30)32-10-33-20(31)22(2,3)4/h6,9,14,18,27H,5,7-8,10H2,1-4H3,(H2,23,24)(H,25,28)/b12-6-/t14-,18-/m1/s1. The maximum absolute atomic E-state index is 13.0. The first-order valence-corrected chi connectivity index (χ1v) is 12.8. The van der Waals surface area contributed by atoms with Gasteiger partial charge < -0.3 is 25.6 Å². The van der Waals surface area contributed by atoms with Crippen LogP contribution in [0, 0.1) is 5.41 Å². The largest absolute Gasteiger partial charge is 0.427 e. The lowest BCUT2D eigenvalue weighted by atomic mass is 9.98. The lowest BCUT2D eigenvalue weighted by Gasteiger charge is -2.49. The van der Waals surface area contributed by atoms with E-state index in [2.05, 4.69) is 10.3 Å². The van der Waals surface area contributed by atoms with Crippen LogP contribution in [0.2, 0.25) is 0 Å². The summed E-state index contributed by atoms with van der Waals surface area (Å²) in [5, 5.41) is 13.9. The molecule has 3 rings (SSSR count). The summed E-state index contributed by atoms with van der Waals surface area (Å²) in [6, 6.07) is -0.884. The van der Waals surface area contributed by atoms with E-state index in [1.54, 1.807) is 32.2 Å². The van der Waals surface area contributed by atoms with Crippen LogP contribution in [0.5, 0.6) is 0 Å². The van der Waals surface area contributed by atoms with Gasteiger partial charge in [0, 0.05) is 11.1 Å². The normalized spacial score (nSPS) is 20.2. The number of nitrogens with two attached hydrogens (primary N) is 1. The number of β-lactam (4-membered cyclic amide) rings is 1. The van der Waals surface area contributed by atoms with E-state index in [0.29, 0.717) is 28.4 Å². The number of nitrogens with zero attached hydrogens (tertiary/aromatic N) is 2. The van der Waals surface area contributed by atoms with Crippen LogP contribution in [-0.4, -0.2) is 69.3 Å². The molecule has 1 aromatic rings. The van der Waals surface area contributed by atoms with E-state index < -0.39 is 54.0 Å². The zero-order chi connectivity index (χ0) is 25.9. The fourth-order valence-electron chi connectivity index (χ4n) is 3.36. The molecule has 2 aliphatic rings. The van der Waals surface area contributed by atoms with Gasteiger partial charge in [0.25, 0.3) is 11.8 Å². The molecule has 0 aliphatic carbocycles. The molecule has 13 heteroatoms. The van der Waals surface area contributed by atoms with Crippen LogP contribution < -0.4 is 11.1 Å². The number of allylic oxidation sites excluding steroid dienone is 1. The van der Waals surface area contributed by atoms with E-state index >= 15 is 0 Å². The SMILES string of the molecule is CC/C=C(\C(=O)N[C@@H]1C(=O)N2C(C(=O)OCOC(=O)C(C)(C)C)=C(CO)CS[C@H]12)c1csc(N)n1. The predicted octanol–water partition coefficient (Wildman–Crippen LogP) is 1.25. The number of hydrogen-bond donors (Lipinski definition) is 3. The molecule has 2 amide bonds. The molecule has 0 bridgehead atoms. The first-order valence-electron chi connectivity index (χ1n) is 10.8. The number of fused-ring (bicyclic) bond motifs is 1. The Morgan fingerprint density at radius 3 is 2.63 bits per heavy atom. The number of amides is 2. The number of aromatic nitrogens is 1. The summed E-state index contributed by atoms with van der Waals surface area (Å²) < 4.78 is 10.0. The van der Waals surface area contributed by atoms with Crippen molar-refractivity contribution in [3.05, 3.63) is 28.4 Å². The van der Waals surface area contributed by atoms with Gasteiger partial charge in [-0.1, -0.05) is 13.0 Å². The molecule has 3 heterocycles. The number of nitrogen functional groups attached to an aromatic ring is 1. The van der Waals surface area contributed by atoms with E-state index in [0.717, 1.165) is 0 Å². The molecule has 0 radical (unpaired) electrons. The number of hydrogen-bond acceptors (Lipinski definition) is 11. The number of aliphatic hydroxyl groups is 1. The highest BCUT2D eigenvalue weighted by molar-refractivity contribution is 8.00. The number of nitrogens with one attached hydrogen (secondary N) is 1. The zero-order valence-corrected chi connectivity index (χ0v) is 21.5. The second-order valence-corrected chi connectivity index (χ2v) is 10.8. The zero-order valence-electron chi connectivity index (χ0n) is 19.8. The molecule has 1 saturated heterocycles. The van der Waals surface area contributed by atoms with Gasteiger partial charge in [-0.2, -0.15) is 0 Å². The average molecular weight is 525 g/mol. The number of thioether (sulfide) groups is 1. The van der Waals surface area contributed by atoms with Crippen molar-refractivity contribution in [2.75, 3.05) is 24.9 Å². The van der Waals surface area contributed by atoms with Crippen LogP contribution in [0.25, 0.3) is 5.57 Å². The summed E-state index contributed by atoms with van der Waals surface area (Å²) in [5.74, 6) is -2.20. The number of aliphatic hydroxyl groups excluding tert-OH is 1. The third-order valence-electron chi connectivity index (χ3n) is 5.16. The minimum atomic E-state index is -0.899. The van der Waals surface area contributed by atoms with Gasteiger partial charge in [-0.25, -0.2) is 9.78 Å². The molecule has 4 N–H and O–H groups in total. The molecule has 2 atom stereocenters. The van der Waals surface area contributed by atoms with Crippen LogP contribution in [-0.2, 0) is 28.7 Å². The minimum absolute atomic E-state index is 0.102. The summed E-state index contributed by atoms with van der Waals surface area (Å²) >= 11 is 2.51. The molecular formula is C22H28N4O7S2. The Bertz CT molecular complexity index is 1090. The Morgan fingerprint density at radius 1 is 1.34 bits per heavy atom. The van der Waals surface area contributed by atoms with Gasteiger partial charge in [0.15, 0.2) is 5.13 Å². The summed E-state index contributed by atoms with van der Waals surface area (Å²) in [7, 11) is 0. The summed E-state index contributed by atoms with van der Waals surface area (Å²) in [4.78, 5) is 55.9. The minimum Gasteiger partial charge on any atom is -0.427 e. The van der Waals surface area contributed by atoms with Crippen molar-refractivity contribution < 1.29 is 33.8 Å². The highest BCUT2D eigenvalue weighted by Gasteiger charge is 2.54. The third-order valence-corrected chi connectivity index (χ3v) is 7.17. The van der Waals surface area contributed by atoms with Gasteiger partial charge >= 0.3 is 11.9 Å². The Labute approximate surface area is 210 Å². The smallest absolute Gasteiger partial charge is 0.358 e. The number of anilines is 1. The van der Waals surface area contributed by atoms with Gasteiger partial charge in [-0.15, -0.1) is 23.1 Å². The molecule has 1 fully saturated rings. The predicted molar refractivity (Wildman–Crippen MR) is 130 cm³/mol. The van der Waals surface area contributed by atoms with Crippen molar-refractivity contribution in [3.8, 4) is 0 Å². The highest BCUT2D eigenvalue weighted by atomic mass is 32.2. The highest BCUT2D eigenvalue weighted by Crippen LogP contribution is 2.40. The van der Waals surface area contributed by atoms with Crippen LogP contribution in [0.4, 0.5) is 5.13 Å². The fraction of sp³-hybridized carbons (Fsp3) is 0.500. The average Bonchev–Trinajstić information content (AvgIpc) is 3.24. The van der Waals surface area contributed by atoms with E-state index in [4.69, 9.17) is 15.2 Å². The van der Waals surface area contributed by atoms with Crippen molar-refractivity contribution in [3.63, 3.8) is 0 Å². The first-order chi connectivity index (χ1) is 16.5. The van der Waals surface area contributed by atoms with Gasteiger partial charge in [-0.3, -0.25) is 19.3 Å². The van der Waals surface area contributed by atoms with Crippen molar-refractivity contribution in [1.29, 1.82) is 0 Å². The molecule has 11 nitrogen and oxygen atoms in total. The number of thiazole rings is 1. The van der Waals surface area contributed by atoms with Crippen LogP contribution in [0.15, 0.2) is 22.7 Å². The van der Waals surface area contributed by atoms with Crippen LogP contribution in [0.1, 0.15) is 39.8 Å². The Morgan fingerprint density at radius 2 is 2.06 bits per heavy atom. The summed E-state index contributed by atoms with van der Waals surface area (Å²) in [5.41, 5.74) is 5.84. The molecule has 0 saturated carbocycles. The second-order valence-electron chi connectivity index (χ2n) is 8.80. The first kappa shape index (κ1) is 26.7. The Hall–Kier alpha value is -2.90. The van der Waals surface area contributed by atoms with E-state index in [1.807, 2.05) is 6.92 Å².